The van der Waals surface area contributed by atoms with E-state index >= 15 is 0 Å². The minimum Gasteiger partial charge on any atom is -0.302 e. The van der Waals surface area contributed by atoms with E-state index in [4.69, 9.17) is 0 Å². The number of hydrogen-bond acceptors (Lipinski definition) is 3. The van der Waals surface area contributed by atoms with E-state index in [0.29, 0.717) is 0 Å². The molecule has 3 heteroatoms. The molecule has 1 aliphatic rings. The molecule has 2 nitrogen and oxygen atoms in total. The highest BCUT2D eigenvalue weighted by atomic mass is 32.2. The lowest BCUT2D eigenvalue weighted by atomic mass is 10.2. The Morgan fingerprint density at radius 2 is 2.20 bits per heavy atom. The zero-order valence-electron chi connectivity index (χ0n) is 8.63. The van der Waals surface area contributed by atoms with E-state index in [9.17, 15) is 4.79 Å². The van der Waals surface area contributed by atoms with Crippen molar-refractivity contribution in [1.29, 1.82) is 0 Å². The zero-order valence-corrected chi connectivity index (χ0v) is 9.45. The van der Waals surface area contributed by atoms with Crippen LogP contribution < -0.4 is 0 Å². The van der Waals surface area contributed by atoms with Gasteiger partial charge in [-0.3, -0.25) is 4.90 Å². The number of carbonyl (C=O) groups excluding carboxylic acids is 1. The highest BCUT2D eigenvalue weighted by Gasteiger charge is 2.21. The van der Waals surface area contributed by atoms with Gasteiger partial charge in [-0.05, 0) is 5.56 Å². The van der Waals surface area contributed by atoms with Gasteiger partial charge in [0.25, 0.3) is 0 Å². The molecule has 1 saturated heterocycles. The standard InChI is InChI=1S/C12H15NOS/c14-9-12-10-15-7-6-13(12)8-11-4-2-1-3-5-11/h1-5,9,12H,6-8,10H2. The van der Waals surface area contributed by atoms with Gasteiger partial charge in [0.2, 0.25) is 0 Å². The van der Waals surface area contributed by atoms with Crippen LogP contribution in [-0.2, 0) is 11.3 Å². The van der Waals surface area contributed by atoms with E-state index in [2.05, 4.69) is 17.0 Å². The maximum Gasteiger partial charge on any atom is 0.137 e. The lowest BCUT2D eigenvalue weighted by Gasteiger charge is -2.31. The number of rotatable bonds is 3. The predicted octanol–water partition coefficient (Wildman–Crippen LogP) is 1.80. The van der Waals surface area contributed by atoms with Gasteiger partial charge in [0.15, 0.2) is 0 Å². The summed E-state index contributed by atoms with van der Waals surface area (Å²) in [6.07, 6.45) is 1.08. The van der Waals surface area contributed by atoms with Crippen LogP contribution in [-0.4, -0.2) is 35.3 Å². The van der Waals surface area contributed by atoms with E-state index in [0.717, 1.165) is 30.9 Å². The molecule has 0 aliphatic carbocycles. The molecule has 0 spiro atoms. The summed E-state index contributed by atoms with van der Waals surface area (Å²) >= 11 is 1.87. The third-order valence-corrected chi connectivity index (χ3v) is 3.71. The van der Waals surface area contributed by atoms with E-state index in [1.807, 2.05) is 30.0 Å². The molecule has 0 bridgehead atoms. The molecule has 1 heterocycles. The molecular formula is C12H15NOS. The lowest BCUT2D eigenvalue weighted by Crippen LogP contribution is -2.42. The molecule has 1 unspecified atom stereocenters. The molecule has 0 N–H and O–H groups in total. The summed E-state index contributed by atoms with van der Waals surface area (Å²) in [6, 6.07) is 10.4. The molecule has 2 rings (SSSR count). The van der Waals surface area contributed by atoms with Crippen molar-refractivity contribution in [3.8, 4) is 0 Å². The van der Waals surface area contributed by atoms with Crippen molar-refractivity contribution in [1.82, 2.24) is 4.90 Å². The van der Waals surface area contributed by atoms with Crippen LogP contribution in [0.15, 0.2) is 30.3 Å². The highest BCUT2D eigenvalue weighted by Crippen LogP contribution is 2.17. The summed E-state index contributed by atoms with van der Waals surface area (Å²) in [6.45, 7) is 1.91. The second-order valence-electron chi connectivity index (χ2n) is 3.73. The molecule has 15 heavy (non-hydrogen) atoms. The van der Waals surface area contributed by atoms with Gasteiger partial charge in [-0.1, -0.05) is 30.3 Å². The molecule has 1 aliphatic heterocycles. The summed E-state index contributed by atoms with van der Waals surface area (Å²) in [7, 11) is 0. The third kappa shape index (κ3) is 2.83. The average molecular weight is 221 g/mol. The van der Waals surface area contributed by atoms with E-state index < -0.39 is 0 Å². The Labute approximate surface area is 94.7 Å². The summed E-state index contributed by atoms with van der Waals surface area (Å²) in [5.74, 6) is 2.08. The van der Waals surface area contributed by atoms with Crippen molar-refractivity contribution in [2.24, 2.45) is 0 Å². The van der Waals surface area contributed by atoms with Gasteiger partial charge in [-0.2, -0.15) is 11.8 Å². The van der Waals surface area contributed by atoms with Gasteiger partial charge in [0.05, 0.1) is 6.04 Å². The quantitative estimate of drug-likeness (QED) is 0.726. The predicted molar refractivity (Wildman–Crippen MR) is 64.0 cm³/mol. The third-order valence-electron chi connectivity index (χ3n) is 2.67. The van der Waals surface area contributed by atoms with Crippen molar-refractivity contribution in [2.75, 3.05) is 18.1 Å². The first-order valence-electron chi connectivity index (χ1n) is 5.21. The lowest BCUT2D eigenvalue weighted by molar-refractivity contribution is -0.112. The van der Waals surface area contributed by atoms with Gasteiger partial charge < -0.3 is 4.79 Å². The Morgan fingerprint density at radius 3 is 2.93 bits per heavy atom. The fourth-order valence-electron chi connectivity index (χ4n) is 1.80. The summed E-state index contributed by atoms with van der Waals surface area (Å²) in [5, 5.41) is 0. The number of aldehydes is 1. The molecular weight excluding hydrogens is 206 g/mol. The Hall–Kier alpha value is -0.800. The minimum absolute atomic E-state index is 0.101. The van der Waals surface area contributed by atoms with Gasteiger partial charge in [-0.15, -0.1) is 0 Å². The topological polar surface area (TPSA) is 20.3 Å². The Bertz CT molecular complexity index is 315. The van der Waals surface area contributed by atoms with Crippen LogP contribution in [0.1, 0.15) is 5.56 Å². The van der Waals surface area contributed by atoms with Crippen LogP contribution in [0.2, 0.25) is 0 Å². The molecule has 1 atom stereocenters. The van der Waals surface area contributed by atoms with Gasteiger partial charge in [0.1, 0.15) is 6.29 Å². The number of nitrogens with zero attached hydrogens (tertiary/aromatic N) is 1. The largest absolute Gasteiger partial charge is 0.302 e. The summed E-state index contributed by atoms with van der Waals surface area (Å²) < 4.78 is 0. The first-order chi connectivity index (χ1) is 7.40. The van der Waals surface area contributed by atoms with Gasteiger partial charge >= 0.3 is 0 Å². The molecule has 80 valence electrons. The van der Waals surface area contributed by atoms with Crippen LogP contribution in [0.3, 0.4) is 0 Å². The highest BCUT2D eigenvalue weighted by molar-refractivity contribution is 7.99. The fourth-order valence-corrected chi connectivity index (χ4v) is 2.86. The molecule has 0 saturated carbocycles. The van der Waals surface area contributed by atoms with Crippen LogP contribution in [0.25, 0.3) is 0 Å². The van der Waals surface area contributed by atoms with Gasteiger partial charge in [0, 0.05) is 24.6 Å². The number of carbonyl (C=O) groups is 1. The van der Waals surface area contributed by atoms with Crippen molar-refractivity contribution in [3.63, 3.8) is 0 Å². The van der Waals surface area contributed by atoms with Crippen LogP contribution in [0, 0.1) is 0 Å². The Kier molecular flexibility index (Phi) is 3.80. The van der Waals surface area contributed by atoms with Crippen molar-refractivity contribution < 1.29 is 4.79 Å². The summed E-state index contributed by atoms with van der Waals surface area (Å²) in [5.41, 5.74) is 1.29. The SMILES string of the molecule is O=CC1CSCCN1Cc1ccccc1. The average Bonchev–Trinajstić information content (AvgIpc) is 2.31. The number of hydrogen-bond donors (Lipinski definition) is 0. The van der Waals surface area contributed by atoms with E-state index in [1.54, 1.807) is 0 Å². The molecule has 1 aromatic rings. The maximum atomic E-state index is 10.9. The molecule has 0 aromatic heterocycles. The minimum atomic E-state index is 0.101. The first kappa shape index (κ1) is 10.7. The molecule has 0 radical (unpaired) electrons. The van der Waals surface area contributed by atoms with E-state index in [1.165, 1.54) is 5.56 Å². The van der Waals surface area contributed by atoms with Crippen LogP contribution >= 0.6 is 11.8 Å². The van der Waals surface area contributed by atoms with Gasteiger partial charge in [-0.25, -0.2) is 0 Å². The molecule has 1 fully saturated rings. The maximum absolute atomic E-state index is 10.9. The smallest absolute Gasteiger partial charge is 0.137 e. The Balaban J connectivity index is 2.00. The Morgan fingerprint density at radius 1 is 1.40 bits per heavy atom. The molecule has 0 amide bonds. The van der Waals surface area contributed by atoms with Crippen molar-refractivity contribution >= 4 is 18.0 Å². The fraction of sp³-hybridized carbons (Fsp3) is 0.417. The monoisotopic (exact) mass is 221 g/mol. The normalized spacial score (nSPS) is 22.5. The van der Waals surface area contributed by atoms with Crippen molar-refractivity contribution in [3.05, 3.63) is 35.9 Å². The van der Waals surface area contributed by atoms with Crippen LogP contribution in [0.5, 0.6) is 0 Å². The molecule has 1 aromatic carbocycles. The van der Waals surface area contributed by atoms with E-state index in [-0.39, 0.29) is 6.04 Å². The van der Waals surface area contributed by atoms with Crippen molar-refractivity contribution in [2.45, 2.75) is 12.6 Å². The number of benzene rings is 1. The summed E-state index contributed by atoms with van der Waals surface area (Å²) in [4.78, 5) is 13.2. The number of thioether (sulfide) groups is 1. The first-order valence-corrected chi connectivity index (χ1v) is 6.36. The second-order valence-corrected chi connectivity index (χ2v) is 4.88. The zero-order chi connectivity index (χ0) is 10.5. The van der Waals surface area contributed by atoms with Crippen LogP contribution in [0.4, 0.5) is 0 Å². The second kappa shape index (κ2) is 5.33.